The quantitative estimate of drug-likeness (QED) is 0.0236. The van der Waals surface area contributed by atoms with Crippen LogP contribution in [0, 0.1) is 0 Å². The lowest BCUT2D eigenvalue weighted by molar-refractivity contribution is -0.161. The van der Waals surface area contributed by atoms with E-state index in [1.165, 1.54) is 96.3 Å². The fourth-order valence-corrected chi connectivity index (χ4v) is 6.54. The number of rotatable bonds is 41. The van der Waals surface area contributed by atoms with E-state index in [4.69, 9.17) is 19.1 Å². The van der Waals surface area contributed by atoms with Gasteiger partial charge in [0.15, 0.2) is 6.10 Å². The second-order valence-electron chi connectivity index (χ2n) is 14.4. The number of phosphoric acid groups is 1. The average molecular weight is 799 g/mol. The molecule has 0 spiro atoms. The van der Waals surface area contributed by atoms with Crippen LogP contribution >= 0.6 is 7.82 Å². The lowest BCUT2D eigenvalue weighted by Gasteiger charge is -2.20. The predicted octanol–water partition coefficient (Wildman–Crippen LogP) is 11.3. The molecule has 3 N–H and O–H groups in total. The zero-order valence-electron chi connectivity index (χ0n) is 34.5. The molecule has 0 radical (unpaired) electrons. The number of phosphoric ester groups is 1. The van der Waals surface area contributed by atoms with Crippen molar-refractivity contribution in [3.05, 3.63) is 49.1 Å². The molecule has 1 unspecified atom stereocenters. The first-order valence-corrected chi connectivity index (χ1v) is 23.0. The smallest absolute Gasteiger partial charge is 0.462 e. The number of aliphatic hydroxyl groups excluding tert-OH is 2. The second kappa shape index (κ2) is 40.1. The van der Waals surface area contributed by atoms with E-state index >= 15 is 0 Å². The molecule has 0 saturated carbocycles. The minimum Gasteiger partial charge on any atom is -0.462 e. The van der Waals surface area contributed by atoms with Crippen molar-refractivity contribution in [2.75, 3.05) is 26.4 Å². The Morgan fingerprint density at radius 1 is 0.600 bits per heavy atom. The monoisotopic (exact) mass is 799 g/mol. The van der Waals surface area contributed by atoms with Gasteiger partial charge in [0, 0.05) is 12.8 Å². The summed E-state index contributed by atoms with van der Waals surface area (Å²) in [4.78, 5) is 34.9. The molecule has 0 saturated heterocycles. The molecular formula is C44H79O10P. The summed E-state index contributed by atoms with van der Waals surface area (Å²) in [6, 6.07) is 0. The number of hydrogen-bond donors (Lipinski definition) is 3. The van der Waals surface area contributed by atoms with Gasteiger partial charge in [-0.25, -0.2) is 4.57 Å². The van der Waals surface area contributed by atoms with Gasteiger partial charge in [-0.3, -0.25) is 18.6 Å². The number of allylic oxidation sites excluding steroid dienone is 7. The van der Waals surface area contributed by atoms with E-state index in [1.54, 1.807) is 0 Å². The van der Waals surface area contributed by atoms with E-state index in [2.05, 4.69) is 48.4 Å². The average Bonchev–Trinajstić information content (AvgIpc) is 3.17. The number of carbonyl (C=O) groups is 2. The number of carbonyl (C=O) groups excluding carboxylic acids is 2. The molecule has 3 atom stereocenters. The largest absolute Gasteiger partial charge is 0.472 e. The van der Waals surface area contributed by atoms with Gasteiger partial charge in [-0.15, -0.1) is 6.58 Å². The van der Waals surface area contributed by atoms with E-state index in [1.807, 2.05) is 12.2 Å². The third-order valence-electron chi connectivity index (χ3n) is 9.10. The zero-order chi connectivity index (χ0) is 40.5. The highest BCUT2D eigenvalue weighted by Crippen LogP contribution is 2.43. The fourth-order valence-electron chi connectivity index (χ4n) is 5.75. The first-order valence-electron chi connectivity index (χ1n) is 21.6. The molecule has 0 bridgehead atoms. The van der Waals surface area contributed by atoms with Crippen LogP contribution in [0.15, 0.2) is 49.1 Å². The van der Waals surface area contributed by atoms with Crippen LogP contribution in [0.2, 0.25) is 0 Å². The second-order valence-corrected chi connectivity index (χ2v) is 15.9. The Bertz CT molecular complexity index is 1040. The van der Waals surface area contributed by atoms with Gasteiger partial charge >= 0.3 is 19.8 Å². The molecule has 11 heteroatoms. The number of unbranched alkanes of at least 4 members (excludes halogenated alkanes) is 20. The molecule has 10 nitrogen and oxygen atoms in total. The molecule has 0 heterocycles. The van der Waals surface area contributed by atoms with E-state index in [9.17, 15) is 24.2 Å². The fraction of sp³-hybridized carbons (Fsp3) is 0.773. The van der Waals surface area contributed by atoms with Gasteiger partial charge in [-0.05, 0) is 57.8 Å². The number of aliphatic hydroxyl groups is 2. The first kappa shape index (κ1) is 52.9. The van der Waals surface area contributed by atoms with Crippen molar-refractivity contribution < 1.29 is 47.8 Å². The lowest BCUT2D eigenvalue weighted by atomic mass is 10.0. The Morgan fingerprint density at radius 3 is 1.60 bits per heavy atom. The Balaban J connectivity index is 4.36. The van der Waals surface area contributed by atoms with Crippen molar-refractivity contribution >= 4 is 19.8 Å². The van der Waals surface area contributed by atoms with Crippen LogP contribution in [-0.4, -0.2) is 65.7 Å². The maximum Gasteiger partial charge on any atom is 0.472 e. The summed E-state index contributed by atoms with van der Waals surface area (Å²) in [7, 11) is -4.63. The third kappa shape index (κ3) is 39.9. The molecule has 0 amide bonds. The molecule has 0 aromatic heterocycles. The molecule has 0 aliphatic heterocycles. The molecule has 320 valence electrons. The number of ether oxygens (including phenoxy) is 2. The van der Waals surface area contributed by atoms with E-state index in [0.717, 1.165) is 44.9 Å². The standard InChI is InChI=1S/C44H79O10P/c1-3-5-7-9-11-13-15-17-19-20-22-23-25-27-29-31-33-35-43(47)51-39-42(40-53-55(49,50)52-38-41(46)37-45)54-44(48)36-34-32-30-28-26-24-21-18-16-14-12-10-8-6-4-2/h4,17,19,22-23,27,29,41-42,45-46H,2-3,5-16,18,20-21,24-26,28,30-40H2,1H3,(H,49,50)/b19-17+,23-22+,29-27+/t41-,42+/m0/s1. The van der Waals surface area contributed by atoms with Gasteiger partial charge in [-0.2, -0.15) is 0 Å². The molecule has 0 aliphatic rings. The van der Waals surface area contributed by atoms with Gasteiger partial charge in [0.2, 0.25) is 0 Å². The molecular weight excluding hydrogens is 719 g/mol. The first-order chi connectivity index (χ1) is 26.7. The minimum atomic E-state index is -4.63. The van der Waals surface area contributed by atoms with Gasteiger partial charge in [-0.1, -0.05) is 152 Å². The van der Waals surface area contributed by atoms with Crippen molar-refractivity contribution in [1.82, 2.24) is 0 Å². The number of esters is 2. The van der Waals surface area contributed by atoms with Crippen molar-refractivity contribution in [3.63, 3.8) is 0 Å². The molecule has 0 aliphatic carbocycles. The van der Waals surface area contributed by atoms with E-state index in [-0.39, 0.29) is 19.4 Å². The molecule has 0 aromatic rings. The van der Waals surface area contributed by atoms with Crippen molar-refractivity contribution in [2.45, 2.75) is 192 Å². The Kier molecular flexibility index (Phi) is 38.6. The van der Waals surface area contributed by atoms with Crippen molar-refractivity contribution in [2.24, 2.45) is 0 Å². The maximum atomic E-state index is 12.6. The summed E-state index contributed by atoms with van der Waals surface area (Å²) in [5.41, 5.74) is 0. The normalized spacial score (nSPS) is 14.1. The van der Waals surface area contributed by atoms with E-state index in [0.29, 0.717) is 19.3 Å². The summed E-state index contributed by atoms with van der Waals surface area (Å²) < 4.78 is 32.6. The van der Waals surface area contributed by atoms with E-state index < -0.39 is 51.8 Å². The van der Waals surface area contributed by atoms with Crippen LogP contribution < -0.4 is 0 Å². The van der Waals surface area contributed by atoms with Crippen LogP contribution in [0.3, 0.4) is 0 Å². The van der Waals surface area contributed by atoms with Crippen LogP contribution in [0.1, 0.15) is 180 Å². The van der Waals surface area contributed by atoms with Gasteiger partial charge in [0.05, 0.1) is 19.8 Å². The zero-order valence-corrected chi connectivity index (χ0v) is 35.4. The highest BCUT2D eigenvalue weighted by atomic mass is 31.2. The predicted molar refractivity (Wildman–Crippen MR) is 224 cm³/mol. The van der Waals surface area contributed by atoms with Crippen LogP contribution in [0.25, 0.3) is 0 Å². The summed E-state index contributed by atoms with van der Waals surface area (Å²) in [6.07, 6.45) is 41.2. The van der Waals surface area contributed by atoms with Crippen molar-refractivity contribution in [1.29, 1.82) is 0 Å². The molecule has 0 aromatic carbocycles. The lowest BCUT2D eigenvalue weighted by Crippen LogP contribution is -2.29. The SMILES string of the molecule is C=CCCCCCCCCCCCCCCCC(=O)O[C@H](COC(=O)CCC/C=C/C/C=C/C/C=C/CCCCCCCC)COP(=O)(O)OC[C@@H](O)CO. The van der Waals surface area contributed by atoms with Gasteiger partial charge < -0.3 is 24.6 Å². The Morgan fingerprint density at radius 2 is 1.05 bits per heavy atom. The molecule has 0 rings (SSSR count). The number of hydrogen-bond acceptors (Lipinski definition) is 9. The topological polar surface area (TPSA) is 149 Å². The molecule has 55 heavy (non-hydrogen) atoms. The van der Waals surface area contributed by atoms with Crippen LogP contribution in [-0.2, 0) is 32.7 Å². The Hall–Kier alpha value is -2.07. The van der Waals surface area contributed by atoms with Crippen LogP contribution in [0.5, 0.6) is 0 Å². The van der Waals surface area contributed by atoms with Gasteiger partial charge in [0.25, 0.3) is 0 Å². The summed E-state index contributed by atoms with van der Waals surface area (Å²) in [5, 5.41) is 18.3. The highest BCUT2D eigenvalue weighted by molar-refractivity contribution is 7.47. The van der Waals surface area contributed by atoms with Gasteiger partial charge in [0.1, 0.15) is 12.7 Å². The van der Waals surface area contributed by atoms with Crippen LogP contribution in [0.4, 0.5) is 0 Å². The maximum absolute atomic E-state index is 12.6. The summed E-state index contributed by atoms with van der Waals surface area (Å²) in [5.74, 6) is -0.988. The summed E-state index contributed by atoms with van der Waals surface area (Å²) >= 11 is 0. The minimum absolute atomic E-state index is 0.169. The Labute approximate surface area is 334 Å². The highest BCUT2D eigenvalue weighted by Gasteiger charge is 2.27. The third-order valence-corrected chi connectivity index (χ3v) is 10.1. The summed E-state index contributed by atoms with van der Waals surface area (Å²) in [6.45, 7) is 3.84. The molecule has 0 fully saturated rings. The van der Waals surface area contributed by atoms with Crippen molar-refractivity contribution in [3.8, 4) is 0 Å².